The van der Waals surface area contributed by atoms with E-state index < -0.39 is 10.0 Å². The fraction of sp³-hybridized carbons (Fsp3) is 0.714. The Bertz CT molecular complexity index is 557. The van der Waals surface area contributed by atoms with Gasteiger partial charge in [-0.25, -0.2) is 13.1 Å². The molecule has 1 saturated carbocycles. The average molecular weight is 300 g/mol. The molecule has 1 aliphatic rings. The third-order valence-corrected chi connectivity index (χ3v) is 5.97. The molecule has 0 aliphatic heterocycles. The first-order valence-electron chi connectivity index (χ1n) is 7.21. The highest BCUT2D eigenvalue weighted by molar-refractivity contribution is 7.89. The van der Waals surface area contributed by atoms with Gasteiger partial charge in [-0.2, -0.15) is 0 Å². The predicted octanol–water partition coefficient (Wildman–Crippen LogP) is 2.30. The monoisotopic (exact) mass is 300 g/mol. The first-order valence-corrected chi connectivity index (χ1v) is 8.70. The Morgan fingerprint density at radius 1 is 1.40 bits per heavy atom. The molecule has 1 heterocycles. The van der Waals surface area contributed by atoms with E-state index >= 15 is 0 Å². The van der Waals surface area contributed by atoms with Crippen LogP contribution in [0.5, 0.6) is 0 Å². The summed E-state index contributed by atoms with van der Waals surface area (Å²) >= 11 is 0. The SMILES string of the molecule is CCC1(CNS(=O)(=O)c2cc(CN)oc2C)CCCC1. The van der Waals surface area contributed by atoms with E-state index in [1.807, 2.05) is 0 Å². The first kappa shape index (κ1) is 15.5. The van der Waals surface area contributed by atoms with Crippen LogP contribution in [0.2, 0.25) is 0 Å². The fourth-order valence-corrected chi connectivity index (χ4v) is 4.36. The zero-order valence-corrected chi connectivity index (χ0v) is 13.1. The standard InChI is InChI=1S/C14H24N2O3S/c1-3-14(6-4-5-7-14)10-16-20(17,18)13-8-12(9-15)19-11(13)2/h8,16H,3-7,9-10,15H2,1-2H3. The maximum absolute atomic E-state index is 12.4. The highest BCUT2D eigenvalue weighted by atomic mass is 32.2. The number of hydrogen-bond donors (Lipinski definition) is 2. The highest BCUT2D eigenvalue weighted by Gasteiger charge is 2.33. The van der Waals surface area contributed by atoms with Crippen molar-refractivity contribution >= 4 is 10.0 Å². The molecule has 0 aromatic carbocycles. The normalized spacial score (nSPS) is 18.6. The van der Waals surface area contributed by atoms with Crippen molar-refractivity contribution in [1.29, 1.82) is 0 Å². The smallest absolute Gasteiger partial charge is 0.244 e. The average Bonchev–Trinajstić information content (AvgIpc) is 3.04. The van der Waals surface area contributed by atoms with Crippen LogP contribution in [-0.4, -0.2) is 15.0 Å². The van der Waals surface area contributed by atoms with E-state index in [1.54, 1.807) is 6.92 Å². The topological polar surface area (TPSA) is 85.3 Å². The Kier molecular flexibility index (Phi) is 4.56. The largest absolute Gasteiger partial charge is 0.464 e. The second kappa shape index (κ2) is 5.87. The molecule has 114 valence electrons. The van der Waals surface area contributed by atoms with Crippen molar-refractivity contribution in [2.75, 3.05) is 6.54 Å². The maximum Gasteiger partial charge on any atom is 0.244 e. The number of aryl methyl sites for hydroxylation is 1. The van der Waals surface area contributed by atoms with Crippen LogP contribution >= 0.6 is 0 Å². The second-order valence-corrected chi connectivity index (χ2v) is 7.46. The molecule has 0 unspecified atom stereocenters. The van der Waals surface area contributed by atoms with Crippen molar-refractivity contribution in [2.24, 2.45) is 11.1 Å². The van der Waals surface area contributed by atoms with Crippen LogP contribution in [0.25, 0.3) is 0 Å². The molecule has 6 heteroatoms. The van der Waals surface area contributed by atoms with Gasteiger partial charge >= 0.3 is 0 Å². The molecule has 0 bridgehead atoms. The molecule has 1 aliphatic carbocycles. The minimum atomic E-state index is -3.52. The summed E-state index contributed by atoms with van der Waals surface area (Å²) in [6.45, 7) is 4.50. The van der Waals surface area contributed by atoms with Crippen LogP contribution in [-0.2, 0) is 16.6 Å². The van der Waals surface area contributed by atoms with Gasteiger partial charge in [0.1, 0.15) is 16.4 Å². The molecule has 2 rings (SSSR count). The Labute approximate surface area is 121 Å². The summed E-state index contributed by atoms with van der Waals surface area (Å²) in [4.78, 5) is 0.210. The molecular formula is C14H24N2O3S. The highest BCUT2D eigenvalue weighted by Crippen LogP contribution is 2.40. The van der Waals surface area contributed by atoms with Crippen molar-refractivity contribution in [3.8, 4) is 0 Å². The van der Waals surface area contributed by atoms with Crippen molar-refractivity contribution < 1.29 is 12.8 Å². The van der Waals surface area contributed by atoms with E-state index in [2.05, 4.69) is 11.6 Å². The molecule has 5 nitrogen and oxygen atoms in total. The number of nitrogens with two attached hydrogens (primary N) is 1. The maximum atomic E-state index is 12.4. The third kappa shape index (κ3) is 3.07. The van der Waals surface area contributed by atoms with E-state index in [9.17, 15) is 8.42 Å². The molecule has 1 aromatic heterocycles. The zero-order chi connectivity index (χ0) is 14.8. The summed E-state index contributed by atoms with van der Waals surface area (Å²) in [5.74, 6) is 0.892. The lowest BCUT2D eigenvalue weighted by atomic mass is 9.84. The molecule has 20 heavy (non-hydrogen) atoms. The van der Waals surface area contributed by atoms with E-state index in [0.29, 0.717) is 18.1 Å². The van der Waals surface area contributed by atoms with Crippen molar-refractivity contribution in [3.05, 3.63) is 17.6 Å². The number of sulfonamides is 1. The quantitative estimate of drug-likeness (QED) is 0.844. The third-order valence-electron chi connectivity index (χ3n) is 4.47. The van der Waals surface area contributed by atoms with Gasteiger partial charge in [0.15, 0.2) is 0 Å². The molecule has 0 atom stereocenters. The lowest BCUT2D eigenvalue weighted by molar-refractivity contribution is 0.285. The van der Waals surface area contributed by atoms with Gasteiger partial charge in [-0.05, 0) is 31.6 Å². The number of nitrogens with one attached hydrogen (secondary N) is 1. The zero-order valence-electron chi connectivity index (χ0n) is 12.2. The van der Waals surface area contributed by atoms with Crippen LogP contribution in [0.4, 0.5) is 0 Å². The number of rotatable bonds is 6. The summed E-state index contributed by atoms with van der Waals surface area (Å²) in [5.41, 5.74) is 5.61. The minimum absolute atomic E-state index is 0.126. The van der Waals surface area contributed by atoms with Crippen molar-refractivity contribution in [1.82, 2.24) is 4.72 Å². The van der Waals surface area contributed by atoms with Gasteiger partial charge in [0.25, 0.3) is 0 Å². The summed E-state index contributed by atoms with van der Waals surface area (Å²) in [5, 5.41) is 0. The number of hydrogen-bond acceptors (Lipinski definition) is 4. The van der Waals surface area contributed by atoms with Gasteiger partial charge < -0.3 is 10.2 Å². The number of furan rings is 1. The van der Waals surface area contributed by atoms with Gasteiger partial charge in [-0.15, -0.1) is 0 Å². The van der Waals surface area contributed by atoms with E-state index in [0.717, 1.165) is 19.3 Å². The summed E-state index contributed by atoms with van der Waals surface area (Å²) < 4.78 is 32.9. The predicted molar refractivity (Wildman–Crippen MR) is 77.7 cm³/mol. The van der Waals surface area contributed by atoms with Gasteiger partial charge in [0, 0.05) is 12.6 Å². The molecule has 0 spiro atoms. The molecule has 1 aromatic rings. The first-order chi connectivity index (χ1) is 9.42. The van der Waals surface area contributed by atoms with Gasteiger partial charge in [-0.3, -0.25) is 0 Å². The Morgan fingerprint density at radius 3 is 2.55 bits per heavy atom. The van der Waals surface area contributed by atoms with E-state index in [4.69, 9.17) is 10.2 Å². The van der Waals surface area contributed by atoms with Crippen LogP contribution in [0.3, 0.4) is 0 Å². The van der Waals surface area contributed by atoms with Gasteiger partial charge in [-0.1, -0.05) is 19.8 Å². The fourth-order valence-electron chi connectivity index (χ4n) is 3.00. The van der Waals surface area contributed by atoms with Crippen LogP contribution < -0.4 is 10.5 Å². The van der Waals surface area contributed by atoms with Crippen molar-refractivity contribution in [2.45, 2.75) is 57.4 Å². The minimum Gasteiger partial charge on any atom is -0.464 e. The van der Waals surface area contributed by atoms with E-state index in [1.165, 1.54) is 18.9 Å². The summed E-state index contributed by atoms with van der Waals surface area (Å²) in [6, 6.07) is 1.52. The summed E-state index contributed by atoms with van der Waals surface area (Å²) in [6.07, 6.45) is 5.60. The summed E-state index contributed by atoms with van der Waals surface area (Å²) in [7, 11) is -3.52. The van der Waals surface area contributed by atoms with Crippen molar-refractivity contribution in [3.63, 3.8) is 0 Å². The molecular weight excluding hydrogens is 276 g/mol. The molecule has 3 N–H and O–H groups in total. The molecule has 0 amide bonds. The van der Waals surface area contributed by atoms with Crippen LogP contribution in [0.1, 0.15) is 50.5 Å². The second-order valence-electron chi connectivity index (χ2n) is 5.72. The molecule has 1 fully saturated rings. The Balaban J connectivity index is 2.12. The molecule has 0 radical (unpaired) electrons. The lowest BCUT2D eigenvalue weighted by Crippen LogP contribution is -2.35. The Hall–Kier alpha value is -0.850. The van der Waals surface area contributed by atoms with Gasteiger partial charge in [0.05, 0.1) is 6.54 Å². The lowest BCUT2D eigenvalue weighted by Gasteiger charge is -2.27. The van der Waals surface area contributed by atoms with Crippen LogP contribution in [0.15, 0.2) is 15.4 Å². The molecule has 0 saturated heterocycles. The Morgan fingerprint density at radius 2 is 2.05 bits per heavy atom. The van der Waals surface area contributed by atoms with E-state index in [-0.39, 0.29) is 16.9 Å². The van der Waals surface area contributed by atoms with Gasteiger partial charge in [0.2, 0.25) is 10.0 Å². The van der Waals surface area contributed by atoms with Crippen LogP contribution in [0, 0.1) is 12.3 Å².